The van der Waals surface area contributed by atoms with Crippen molar-refractivity contribution >= 4 is 11.6 Å². The number of carbonyl (C=O) groups is 2. The summed E-state index contributed by atoms with van der Waals surface area (Å²) < 4.78 is 52.3. The highest BCUT2D eigenvalue weighted by molar-refractivity contribution is 5.94. The number of benzene rings is 1. The number of fused-ring (bicyclic) bond motifs is 7. The van der Waals surface area contributed by atoms with Crippen LogP contribution in [0.4, 0.5) is 8.78 Å². The Labute approximate surface area is 259 Å². The quantitative estimate of drug-likeness (QED) is 0.421. The summed E-state index contributed by atoms with van der Waals surface area (Å²) in [7, 11) is 3.49. The summed E-state index contributed by atoms with van der Waals surface area (Å²) >= 11 is 0. The number of ether oxygens (including phenoxy) is 3. The molecule has 1 N–H and O–H groups in total. The van der Waals surface area contributed by atoms with Crippen molar-refractivity contribution in [3.63, 3.8) is 0 Å². The number of methoxy groups -OCH3 is 1. The van der Waals surface area contributed by atoms with Crippen LogP contribution in [-0.2, 0) is 25.6 Å². The molecule has 0 bridgehead atoms. The number of rotatable bonds is 8. The summed E-state index contributed by atoms with van der Waals surface area (Å²) in [5, 5.41) is 11.9. The minimum atomic E-state index is -2.16. The van der Waals surface area contributed by atoms with E-state index in [0.717, 1.165) is 17.7 Å². The fourth-order valence-corrected chi connectivity index (χ4v) is 10.0. The van der Waals surface area contributed by atoms with Gasteiger partial charge in [0.2, 0.25) is 0 Å². The molecule has 0 radical (unpaired) electrons. The van der Waals surface area contributed by atoms with Crippen LogP contribution in [0.15, 0.2) is 35.9 Å². The number of carbonyl (C=O) groups excluding carboxylic acids is 2. The third kappa shape index (κ3) is 4.32. The highest BCUT2D eigenvalue weighted by Gasteiger charge is 2.80. The number of hydrogen-bond acceptors (Lipinski definition) is 7. The normalized spacial score (nSPS) is 44.5. The Balaban J connectivity index is 1.35. The van der Waals surface area contributed by atoms with Crippen molar-refractivity contribution in [3.8, 4) is 5.75 Å². The Morgan fingerprint density at radius 1 is 1.16 bits per heavy atom. The van der Waals surface area contributed by atoms with Crippen LogP contribution in [0, 0.1) is 28.6 Å². The van der Waals surface area contributed by atoms with Crippen LogP contribution in [0.5, 0.6) is 5.75 Å². The second-order valence-electron chi connectivity index (χ2n) is 14.6. The van der Waals surface area contributed by atoms with Gasteiger partial charge in [-0.05, 0) is 74.4 Å². The zero-order valence-corrected chi connectivity index (χ0v) is 26.8. The molecule has 1 aliphatic heterocycles. The van der Waals surface area contributed by atoms with Crippen molar-refractivity contribution in [3.05, 3.63) is 41.5 Å². The highest BCUT2D eigenvalue weighted by atomic mass is 19.1. The molecule has 242 valence electrons. The van der Waals surface area contributed by atoms with Crippen LogP contribution in [0.1, 0.15) is 71.8 Å². The maximum absolute atomic E-state index is 17.9. The van der Waals surface area contributed by atoms with Gasteiger partial charge in [-0.25, -0.2) is 8.78 Å². The van der Waals surface area contributed by atoms with Gasteiger partial charge >= 0.3 is 0 Å². The lowest BCUT2D eigenvalue weighted by molar-refractivity contribution is -0.243. The van der Waals surface area contributed by atoms with Crippen LogP contribution in [0.3, 0.4) is 0 Å². The molecule has 6 rings (SSSR count). The zero-order valence-electron chi connectivity index (χ0n) is 26.8. The first-order valence-corrected chi connectivity index (χ1v) is 16.2. The minimum Gasteiger partial charge on any atom is -0.497 e. The van der Waals surface area contributed by atoms with Gasteiger partial charge in [0.15, 0.2) is 23.5 Å². The molecule has 5 aliphatic rings. The van der Waals surface area contributed by atoms with Crippen LogP contribution in [-0.4, -0.2) is 78.2 Å². The lowest BCUT2D eigenvalue weighted by atomic mass is 9.43. The molecule has 4 aliphatic carbocycles. The molecule has 0 aromatic heterocycles. The fourth-order valence-electron chi connectivity index (χ4n) is 10.0. The molecule has 9 heteroatoms. The second-order valence-corrected chi connectivity index (χ2v) is 14.6. The standard InChI is InChI=1S/C35H47F2NO6/c1-7-8-31-43-30-15-23-24-13-26(36)25-14-27(39)20(2)16-32(25,3)34(24,37)28(40)17-33(23,4)35(30,44-31)29(41)19-38(5)18-21-9-11-22(42-6)12-10-21/h9-12,14,20,23-24,26,28,30-31,40H,7-8,13,15-19H2,1-6H3/t20?,23?,24-,26-,28-,30+,31?,32-,33-,34-,35+/m0/s1. The third-order valence-electron chi connectivity index (χ3n) is 12.1. The van der Waals surface area contributed by atoms with Gasteiger partial charge in [-0.1, -0.05) is 46.2 Å². The Bertz CT molecular complexity index is 1340. The Hall–Kier alpha value is -2.20. The number of allylic oxidation sites excluding steroid dienone is 1. The summed E-state index contributed by atoms with van der Waals surface area (Å²) in [5.41, 5.74) is -4.68. The van der Waals surface area contributed by atoms with E-state index in [-0.39, 0.29) is 42.9 Å². The summed E-state index contributed by atoms with van der Waals surface area (Å²) in [6.45, 7) is 7.96. The number of alkyl halides is 2. The molecule has 11 atom stereocenters. The molecular formula is C35H47F2NO6. The van der Waals surface area contributed by atoms with Gasteiger partial charge in [0, 0.05) is 29.2 Å². The van der Waals surface area contributed by atoms with Crippen LogP contribution < -0.4 is 4.74 Å². The highest BCUT2D eigenvalue weighted by Crippen LogP contribution is 2.72. The third-order valence-corrected chi connectivity index (χ3v) is 12.1. The molecule has 44 heavy (non-hydrogen) atoms. The van der Waals surface area contributed by atoms with Gasteiger partial charge < -0.3 is 19.3 Å². The van der Waals surface area contributed by atoms with E-state index < -0.39 is 64.5 Å². The maximum Gasteiger partial charge on any atom is 0.181 e. The molecule has 3 unspecified atom stereocenters. The molecule has 0 spiro atoms. The van der Waals surface area contributed by atoms with Crippen LogP contribution >= 0.6 is 0 Å². The van der Waals surface area contributed by atoms with E-state index in [4.69, 9.17) is 14.2 Å². The van der Waals surface area contributed by atoms with Gasteiger partial charge in [-0.15, -0.1) is 0 Å². The zero-order chi connectivity index (χ0) is 31.8. The first kappa shape index (κ1) is 31.8. The lowest BCUT2D eigenvalue weighted by Gasteiger charge is -2.64. The molecule has 3 saturated carbocycles. The number of aliphatic hydroxyl groups excluding tert-OH is 1. The lowest BCUT2D eigenvalue weighted by Crippen LogP contribution is -2.71. The number of halogens is 2. The minimum absolute atomic E-state index is 0.0144. The van der Waals surface area contributed by atoms with Crippen molar-refractivity contribution in [1.29, 1.82) is 0 Å². The van der Waals surface area contributed by atoms with Crippen LogP contribution in [0.2, 0.25) is 0 Å². The van der Waals surface area contributed by atoms with Crippen molar-refractivity contribution in [2.75, 3.05) is 20.7 Å². The van der Waals surface area contributed by atoms with E-state index in [1.54, 1.807) is 21.0 Å². The average molecular weight is 616 g/mol. The molecule has 1 aromatic carbocycles. The smallest absolute Gasteiger partial charge is 0.181 e. The summed E-state index contributed by atoms with van der Waals surface area (Å²) in [4.78, 5) is 29.1. The molecule has 1 heterocycles. The van der Waals surface area contributed by atoms with E-state index in [0.29, 0.717) is 19.4 Å². The number of Topliss-reactive ketones (excluding diaryl/α,β-unsaturated/α-hetero) is 1. The van der Waals surface area contributed by atoms with E-state index >= 15 is 8.78 Å². The van der Waals surface area contributed by atoms with E-state index in [1.165, 1.54) is 6.08 Å². The maximum atomic E-state index is 17.9. The van der Waals surface area contributed by atoms with E-state index in [2.05, 4.69) is 0 Å². The first-order valence-electron chi connectivity index (χ1n) is 16.2. The first-order chi connectivity index (χ1) is 20.7. The number of aliphatic hydroxyl groups is 1. The molecule has 0 amide bonds. The summed E-state index contributed by atoms with van der Waals surface area (Å²) in [5.74, 6) is -1.39. The molecule has 1 saturated heterocycles. The molecule has 1 aromatic rings. The second kappa shape index (κ2) is 11.0. The molecule has 7 nitrogen and oxygen atoms in total. The van der Waals surface area contributed by atoms with Gasteiger partial charge in [0.1, 0.15) is 17.6 Å². The SMILES string of the molecule is CCCC1O[C@@H]2CC3[C@@H]4C[C@H](F)C5=CC(=O)C(C)C[C@]5(C)[C@@]4(F)[C@@H](O)C[C@]3(C)[C@]2(C(=O)CN(C)Cc2ccc(OC)cc2)O1. The van der Waals surface area contributed by atoms with E-state index in [1.807, 2.05) is 50.1 Å². The largest absolute Gasteiger partial charge is 0.497 e. The number of hydrogen-bond donors (Lipinski definition) is 1. The summed E-state index contributed by atoms with van der Waals surface area (Å²) in [6.07, 6.45) is -1.14. The topological polar surface area (TPSA) is 85.3 Å². The predicted molar refractivity (Wildman–Crippen MR) is 160 cm³/mol. The number of likely N-dealkylation sites (N-methyl/N-ethyl adjacent to an activating group) is 1. The van der Waals surface area contributed by atoms with Crippen molar-refractivity contribution < 1.29 is 37.7 Å². The number of nitrogens with zero attached hydrogens (tertiary/aromatic N) is 1. The van der Waals surface area contributed by atoms with Gasteiger partial charge in [0.05, 0.1) is 25.9 Å². The summed E-state index contributed by atoms with van der Waals surface area (Å²) in [6, 6.07) is 7.67. The fraction of sp³-hybridized carbons (Fsp3) is 0.714. The molecule has 4 fully saturated rings. The molecular weight excluding hydrogens is 568 g/mol. The van der Waals surface area contributed by atoms with Gasteiger partial charge in [-0.2, -0.15) is 0 Å². The van der Waals surface area contributed by atoms with Crippen molar-refractivity contribution in [2.24, 2.45) is 28.6 Å². The Morgan fingerprint density at radius 2 is 1.86 bits per heavy atom. The number of ketones is 2. The Kier molecular flexibility index (Phi) is 7.91. The van der Waals surface area contributed by atoms with E-state index in [9.17, 15) is 14.7 Å². The monoisotopic (exact) mass is 615 g/mol. The Morgan fingerprint density at radius 3 is 2.52 bits per heavy atom. The van der Waals surface area contributed by atoms with Crippen molar-refractivity contribution in [1.82, 2.24) is 4.90 Å². The van der Waals surface area contributed by atoms with Gasteiger partial charge in [-0.3, -0.25) is 14.5 Å². The van der Waals surface area contributed by atoms with Gasteiger partial charge in [0.25, 0.3) is 0 Å². The van der Waals surface area contributed by atoms with Crippen LogP contribution in [0.25, 0.3) is 0 Å². The average Bonchev–Trinajstić information content (AvgIpc) is 3.45. The predicted octanol–water partition coefficient (Wildman–Crippen LogP) is 5.38. The van der Waals surface area contributed by atoms with Crippen molar-refractivity contribution in [2.45, 2.75) is 109 Å².